The molecule has 13 N–H and O–H groups in total. The second-order valence-corrected chi connectivity index (χ2v) is 0.494. The maximum Gasteiger partial charge on any atom is 0.794 e. The molecule has 0 aliphatic heterocycles. The number of carbonyl (C=O) groups excluding carboxylic acids is 1. The molecule has 8 nitrogen and oxygen atoms in total. The van der Waals surface area contributed by atoms with E-state index in [2.05, 4.69) is 11.5 Å². The van der Waals surface area contributed by atoms with E-state index in [9.17, 15) is 0 Å². The molecule has 0 radical (unpaired) electrons. The zero-order valence-electron chi connectivity index (χ0n) is 5.33. The number of urea groups is 1. The van der Waals surface area contributed by atoms with Crippen LogP contribution in [0, 0.1) is 0 Å². The molecule has 0 heterocycles. The van der Waals surface area contributed by atoms with Crippen LogP contribution in [0.2, 0.25) is 0 Å². The van der Waals surface area contributed by atoms with Crippen molar-refractivity contribution in [3.8, 4) is 0 Å². The van der Waals surface area contributed by atoms with Gasteiger partial charge in [0, 0.05) is 0 Å². The fourth-order valence-corrected chi connectivity index (χ4v) is 0. The molecule has 2 amide bonds. The van der Waals surface area contributed by atoms with Crippen molar-refractivity contribution in [1.82, 2.24) is 12.3 Å². The Morgan fingerprint density at radius 1 is 1.30 bits per heavy atom. The smallest absolute Gasteiger partial charge is 0.412 e. The van der Waals surface area contributed by atoms with Crippen LogP contribution in [0.15, 0.2) is 0 Å². The highest BCUT2D eigenvalue weighted by atomic mass is 16.3. The molecule has 0 unspecified atom stereocenters. The van der Waals surface area contributed by atoms with Gasteiger partial charge < -0.3 is 29.2 Å². The number of primary amides is 2. The molecule has 0 fully saturated rings. The second kappa shape index (κ2) is 50.2. The number of hydrogen-bond donors (Lipinski definition) is 5. The molecule has 0 saturated heterocycles. The molecule has 0 aliphatic rings. The summed E-state index contributed by atoms with van der Waals surface area (Å²) in [5, 5.41) is 6.76. The van der Waals surface area contributed by atoms with Crippen LogP contribution in [0.25, 0.3) is 0 Å². The van der Waals surface area contributed by atoms with Crippen molar-refractivity contribution in [2.24, 2.45) is 11.5 Å². The Morgan fingerprint density at radius 3 is 1.30 bits per heavy atom. The maximum atomic E-state index is 9.00. The number of aliphatic hydroxyl groups excluding tert-OH is 1. The Bertz CT molecular complexity index is 62.3. The molecule has 0 aromatic carbocycles. The molecule has 0 spiro atoms. The van der Waals surface area contributed by atoms with Crippen LogP contribution in [0.3, 0.4) is 0 Å². The van der Waals surface area contributed by atoms with Crippen molar-refractivity contribution < 1.29 is 20.2 Å². The Kier molecular flexibility index (Phi) is 195. The van der Waals surface area contributed by atoms with Crippen LogP contribution >= 0.6 is 0 Å². The van der Waals surface area contributed by atoms with Crippen molar-refractivity contribution in [3.63, 3.8) is 0 Å². The van der Waals surface area contributed by atoms with Gasteiger partial charge in [-0.05, 0) is 0 Å². The van der Waals surface area contributed by atoms with Gasteiger partial charge in [-0.15, -0.1) is 0 Å². The van der Waals surface area contributed by atoms with E-state index in [4.69, 9.17) is 14.7 Å². The van der Waals surface area contributed by atoms with Gasteiger partial charge in [0.2, 0.25) is 0 Å². The molecule has 0 aliphatic carbocycles. The molecule has 10 heavy (non-hydrogen) atoms. The van der Waals surface area contributed by atoms with E-state index >= 15 is 0 Å². The zero-order valence-corrected chi connectivity index (χ0v) is 5.33. The molecule has 0 atom stereocenters. The zero-order chi connectivity index (χ0) is 6.28. The molecule has 8 heteroatoms. The minimum absolute atomic E-state index is 0. The van der Waals surface area contributed by atoms with Crippen LogP contribution in [0.1, 0.15) is 0 Å². The van der Waals surface area contributed by atoms with Gasteiger partial charge in [-0.2, -0.15) is 0 Å². The third-order valence-electron chi connectivity index (χ3n) is 0. The molecule has 0 aromatic rings. The Hall–Kier alpha value is -1.47. The lowest BCUT2D eigenvalue weighted by molar-refractivity contribution is 0.256. The summed E-state index contributed by atoms with van der Waals surface area (Å²) < 4.78 is 0. The van der Waals surface area contributed by atoms with Gasteiger partial charge in [-0.25, -0.2) is 9.90 Å². The summed E-state index contributed by atoms with van der Waals surface area (Å²) in [7, 11) is 0. The van der Waals surface area contributed by atoms with Crippen molar-refractivity contribution in [2.75, 3.05) is 0 Å². The predicted molar refractivity (Wildman–Crippen MR) is 35.8 cm³/mol. The average molecular weight is 157 g/mol. The summed E-state index contributed by atoms with van der Waals surface area (Å²) in [6.07, 6.45) is 0. The summed E-state index contributed by atoms with van der Waals surface area (Å²) in [5.41, 5.74) is 8.50. The summed E-state index contributed by atoms with van der Waals surface area (Å²) in [5.74, 6) is 0. The van der Waals surface area contributed by atoms with E-state index in [1.54, 1.807) is 0 Å². The summed E-state index contributed by atoms with van der Waals surface area (Å²) >= 11 is 0. The van der Waals surface area contributed by atoms with E-state index in [1.165, 1.54) is 0 Å². The lowest BCUT2D eigenvalue weighted by Crippen LogP contribution is -2.18. The first-order valence-electron chi connectivity index (χ1n) is 1.21. The van der Waals surface area contributed by atoms with Gasteiger partial charge in [0.15, 0.2) is 0 Å². The van der Waals surface area contributed by atoms with Gasteiger partial charge in [-0.1, -0.05) is 0 Å². The molecule has 0 aromatic heterocycles. The van der Waals surface area contributed by atoms with E-state index < -0.39 is 6.03 Å². The highest BCUT2D eigenvalue weighted by molar-refractivity contribution is 5.69. The standard InChI is InChI=1S/CH4N2O.CHO2.2H3N.H2O/c2-1(3)4;2-1-3;;;/h(H4,2,3,4);(H,2,3);2*1H3;1H2/q;+1;;;. The molecular weight excluding hydrogens is 144 g/mol. The number of rotatable bonds is 0. The lowest BCUT2D eigenvalue weighted by atomic mass is 11.2. The number of carbonyl (C=O) groups is 1. The van der Waals surface area contributed by atoms with Crippen molar-refractivity contribution in [1.29, 1.82) is 0 Å². The van der Waals surface area contributed by atoms with Crippen molar-refractivity contribution in [3.05, 3.63) is 0 Å². The first-order chi connectivity index (χ1) is 3.15. The van der Waals surface area contributed by atoms with Gasteiger partial charge in [0.25, 0.3) is 0 Å². The second-order valence-electron chi connectivity index (χ2n) is 0.494. The van der Waals surface area contributed by atoms with Gasteiger partial charge in [-0.3, -0.25) is 0 Å². The Labute approximate surface area is 57.7 Å². The highest BCUT2D eigenvalue weighted by Crippen LogP contribution is 1.25. The molecular formula is C2H13N4O4+. The normalized spacial score (nSPS) is 3.20. The number of amides is 2. The Balaban J connectivity index is -0.0000000131. The first-order valence-corrected chi connectivity index (χ1v) is 1.21. The van der Waals surface area contributed by atoms with Gasteiger partial charge in [0.1, 0.15) is 0 Å². The third-order valence-corrected chi connectivity index (χ3v) is 0. The van der Waals surface area contributed by atoms with E-state index in [0.29, 0.717) is 6.47 Å². The van der Waals surface area contributed by atoms with Crippen molar-refractivity contribution >= 4 is 12.5 Å². The van der Waals surface area contributed by atoms with Crippen LogP contribution in [-0.4, -0.2) is 23.1 Å². The van der Waals surface area contributed by atoms with E-state index in [1.807, 2.05) is 0 Å². The monoisotopic (exact) mass is 157 g/mol. The fraction of sp³-hybridized carbons (Fsp3) is 0. The van der Waals surface area contributed by atoms with E-state index in [-0.39, 0.29) is 17.8 Å². The topological polar surface area (TPSA) is 208 Å². The predicted octanol–water partition coefficient (Wildman–Crippen LogP) is -1.87. The summed E-state index contributed by atoms with van der Waals surface area (Å²) in [4.78, 5) is 17.2. The summed E-state index contributed by atoms with van der Waals surface area (Å²) in [6, 6.07) is -0.833. The van der Waals surface area contributed by atoms with Crippen LogP contribution < -0.4 is 23.8 Å². The van der Waals surface area contributed by atoms with Gasteiger partial charge in [0.05, 0.1) is 4.79 Å². The van der Waals surface area contributed by atoms with Crippen LogP contribution in [0.5, 0.6) is 0 Å². The minimum Gasteiger partial charge on any atom is -0.412 e. The highest BCUT2D eigenvalue weighted by Gasteiger charge is 1.64. The van der Waals surface area contributed by atoms with Crippen LogP contribution in [-0.2, 0) is 4.79 Å². The fourth-order valence-electron chi connectivity index (χ4n) is 0. The summed E-state index contributed by atoms with van der Waals surface area (Å²) in [6.45, 7) is 0.500. The number of hydrogen-bond acceptors (Lipinski definition) is 4. The molecule has 0 bridgehead atoms. The SMILES string of the molecule is N.N.NC(N)=O.O.O=[C+]O. The molecule has 64 valence electrons. The Morgan fingerprint density at radius 2 is 1.30 bits per heavy atom. The van der Waals surface area contributed by atoms with Crippen LogP contribution in [0.4, 0.5) is 4.79 Å². The lowest BCUT2D eigenvalue weighted by Gasteiger charge is -1.62. The first kappa shape index (κ1) is 38.8. The maximum absolute atomic E-state index is 9.00. The average Bonchev–Trinajstić information content (AvgIpc) is 1.33. The van der Waals surface area contributed by atoms with Crippen molar-refractivity contribution in [2.45, 2.75) is 0 Å². The third kappa shape index (κ3) is 92.4. The molecule has 0 rings (SSSR count). The van der Waals surface area contributed by atoms with E-state index in [0.717, 1.165) is 0 Å². The van der Waals surface area contributed by atoms with Gasteiger partial charge >= 0.3 is 12.5 Å². The largest absolute Gasteiger partial charge is 0.794 e. The number of nitrogens with two attached hydrogens (primary N) is 2. The quantitative estimate of drug-likeness (QED) is 0.255. The molecule has 0 saturated carbocycles. The minimum atomic E-state index is -0.833.